The maximum atomic E-state index is 10.2. The number of β-amino-alcohol motifs (C(OH)–C–C–N with tert-alkyl or cyclic N) is 1. The highest BCUT2D eigenvalue weighted by Gasteiger charge is 2.20. The van der Waals surface area contributed by atoms with Gasteiger partial charge in [-0.3, -0.25) is 9.80 Å². The van der Waals surface area contributed by atoms with Crippen LogP contribution in [0.5, 0.6) is 5.75 Å². The van der Waals surface area contributed by atoms with Crippen LogP contribution in [0.25, 0.3) is 0 Å². The van der Waals surface area contributed by atoms with E-state index in [0.29, 0.717) is 13.2 Å². The lowest BCUT2D eigenvalue weighted by Gasteiger charge is -2.35. The molecule has 0 aliphatic carbocycles. The second-order valence-corrected chi connectivity index (χ2v) is 6.81. The zero-order valence-corrected chi connectivity index (χ0v) is 15.1. The quantitative estimate of drug-likeness (QED) is 0.820. The average Bonchev–Trinajstić information content (AvgIpc) is 3.00. The summed E-state index contributed by atoms with van der Waals surface area (Å²) >= 11 is 0. The third-order valence-electron chi connectivity index (χ3n) is 4.65. The Morgan fingerprint density at radius 3 is 2.64 bits per heavy atom. The topological polar surface area (TPSA) is 53.8 Å². The van der Waals surface area contributed by atoms with Crippen molar-refractivity contribution in [2.75, 3.05) is 39.3 Å². The fraction of sp³-hybridized carbons (Fsp3) is 0.526. The van der Waals surface area contributed by atoms with E-state index < -0.39 is 6.10 Å². The van der Waals surface area contributed by atoms with Crippen LogP contribution in [0.15, 0.2) is 36.7 Å². The van der Waals surface area contributed by atoms with Crippen LogP contribution >= 0.6 is 0 Å². The first-order valence-corrected chi connectivity index (χ1v) is 8.88. The minimum atomic E-state index is -0.471. The van der Waals surface area contributed by atoms with Crippen LogP contribution in [-0.4, -0.2) is 69.9 Å². The number of nitrogens with zero attached hydrogens (tertiary/aromatic N) is 4. The number of aromatic nitrogens is 2. The minimum Gasteiger partial charge on any atom is -0.491 e. The molecule has 2 aromatic rings. The Labute approximate surface area is 149 Å². The van der Waals surface area contributed by atoms with E-state index in [0.717, 1.165) is 49.9 Å². The van der Waals surface area contributed by atoms with E-state index in [-0.39, 0.29) is 0 Å². The monoisotopic (exact) mass is 344 g/mol. The molecule has 1 saturated heterocycles. The van der Waals surface area contributed by atoms with Crippen molar-refractivity contribution in [3.63, 3.8) is 0 Å². The molecule has 1 aromatic heterocycles. The molecule has 1 unspecified atom stereocenters. The predicted octanol–water partition coefficient (Wildman–Crippen LogP) is 1.29. The van der Waals surface area contributed by atoms with Gasteiger partial charge in [0, 0.05) is 52.2 Å². The predicted molar refractivity (Wildman–Crippen MR) is 97.6 cm³/mol. The number of rotatable bonds is 7. The fourth-order valence-corrected chi connectivity index (χ4v) is 3.13. The van der Waals surface area contributed by atoms with Gasteiger partial charge in [-0.2, -0.15) is 0 Å². The van der Waals surface area contributed by atoms with Crippen molar-refractivity contribution in [3.8, 4) is 5.75 Å². The molecule has 6 heteroatoms. The molecule has 1 aromatic carbocycles. The summed E-state index contributed by atoms with van der Waals surface area (Å²) in [6, 6.07) is 7.92. The lowest BCUT2D eigenvalue weighted by Crippen LogP contribution is -2.49. The maximum Gasteiger partial charge on any atom is 0.122 e. The second kappa shape index (κ2) is 8.47. The Balaban J connectivity index is 1.37. The molecular formula is C19H28N4O2. The van der Waals surface area contributed by atoms with Crippen LogP contribution in [0.3, 0.4) is 0 Å². The SMILES string of the molecule is Cc1cccc(OCC(O)CN2CCN(Cc3nccn3C)CC2)c1. The number of hydrogen-bond acceptors (Lipinski definition) is 5. The average molecular weight is 344 g/mol. The first-order chi connectivity index (χ1) is 12.1. The van der Waals surface area contributed by atoms with Crippen LogP contribution in [-0.2, 0) is 13.6 Å². The van der Waals surface area contributed by atoms with E-state index in [4.69, 9.17) is 4.74 Å². The summed E-state index contributed by atoms with van der Waals surface area (Å²) in [5, 5.41) is 10.2. The summed E-state index contributed by atoms with van der Waals surface area (Å²) in [6.45, 7) is 7.83. The number of ether oxygens (including phenoxy) is 1. The highest BCUT2D eigenvalue weighted by Crippen LogP contribution is 2.13. The Hall–Kier alpha value is -1.89. The van der Waals surface area contributed by atoms with Crippen molar-refractivity contribution < 1.29 is 9.84 Å². The first-order valence-electron chi connectivity index (χ1n) is 8.88. The molecule has 6 nitrogen and oxygen atoms in total. The van der Waals surface area contributed by atoms with Gasteiger partial charge in [-0.15, -0.1) is 0 Å². The number of imidazole rings is 1. The number of aryl methyl sites for hydroxylation is 2. The Kier molecular flexibility index (Phi) is 6.07. The number of aliphatic hydroxyl groups is 1. The maximum absolute atomic E-state index is 10.2. The zero-order valence-electron chi connectivity index (χ0n) is 15.1. The molecule has 0 saturated carbocycles. The van der Waals surface area contributed by atoms with E-state index in [9.17, 15) is 5.11 Å². The molecule has 0 bridgehead atoms. The lowest BCUT2D eigenvalue weighted by molar-refractivity contribution is 0.0440. The van der Waals surface area contributed by atoms with Gasteiger partial charge in [-0.25, -0.2) is 4.98 Å². The molecule has 25 heavy (non-hydrogen) atoms. The largest absolute Gasteiger partial charge is 0.491 e. The van der Waals surface area contributed by atoms with Crippen LogP contribution in [0.1, 0.15) is 11.4 Å². The van der Waals surface area contributed by atoms with Gasteiger partial charge in [0.15, 0.2) is 0 Å². The highest BCUT2D eigenvalue weighted by molar-refractivity contribution is 5.27. The minimum absolute atomic E-state index is 0.330. The van der Waals surface area contributed by atoms with Gasteiger partial charge in [-0.1, -0.05) is 12.1 Å². The van der Waals surface area contributed by atoms with Crippen molar-refractivity contribution in [2.45, 2.75) is 19.6 Å². The van der Waals surface area contributed by atoms with E-state index in [1.54, 1.807) is 0 Å². The number of hydrogen-bond donors (Lipinski definition) is 1. The van der Waals surface area contributed by atoms with Crippen LogP contribution in [0.2, 0.25) is 0 Å². The number of aliphatic hydroxyl groups excluding tert-OH is 1. The van der Waals surface area contributed by atoms with Crippen molar-refractivity contribution in [1.29, 1.82) is 0 Å². The van der Waals surface area contributed by atoms with E-state index in [2.05, 4.69) is 19.4 Å². The van der Waals surface area contributed by atoms with Crippen molar-refractivity contribution >= 4 is 0 Å². The summed E-state index contributed by atoms with van der Waals surface area (Å²) in [5.74, 6) is 1.92. The van der Waals surface area contributed by atoms with Crippen LogP contribution in [0.4, 0.5) is 0 Å². The fourth-order valence-electron chi connectivity index (χ4n) is 3.13. The molecule has 136 valence electrons. The molecule has 1 fully saturated rings. The van der Waals surface area contributed by atoms with E-state index in [1.165, 1.54) is 0 Å². The van der Waals surface area contributed by atoms with Crippen molar-refractivity contribution in [1.82, 2.24) is 19.4 Å². The molecule has 1 aliphatic heterocycles. The van der Waals surface area contributed by atoms with Gasteiger partial charge in [0.05, 0.1) is 6.54 Å². The summed E-state index contributed by atoms with van der Waals surface area (Å²) < 4.78 is 7.76. The number of benzene rings is 1. The normalized spacial score (nSPS) is 17.6. The van der Waals surface area contributed by atoms with Gasteiger partial charge in [0.1, 0.15) is 24.3 Å². The number of piperazine rings is 1. The third-order valence-corrected chi connectivity index (χ3v) is 4.65. The molecule has 0 amide bonds. The van der Waals surface area contributed by atoms with Gasteiger partial charge >= 0.3 is 0 Å². The lowest BCUT2D eigenvalue weighted by atomic mass is 10.2. The Morgan fingerprint density at radius 2 is 1.96 bits per heavy atom. The summed E-state index contributed by atoms with van der Waals surface area (Å²) in [4.78, 5) is 9.10. The van der Waals surface area contributed by atoms with Gasteiger partial charge in [0.2, 0.25) is 0 Å². The smallest absolute Gasteiger partial charge is 0.122 e. The summed E-state index contributed by atoms with van der Waals surface area (Å²) in [7, 11) is 2.03. The molecule has 0 spiro atoms. The van der Waals surface area contributed by atoms with Crippen molar-refractivity contribution in [3.05, 3.63) is 48.0 Å². The third kappa shape index (κ3) is 5.29. The van der Waals surface area contributed by atoms with Crippen LogP contribution in [0, 0.1) is 6.92 Å². The van der Waals surface area contributed by atoms with E-state index in [1.807, 2.05) is 50.6 Å². The second-order valence-electron chi connectivity index (χ2n) is 6.81. The highest BCUT2D eigenvalue weighted by atomic mass is 16.5. The van der Waals surface area contributed by atoms with Gasteiger partial charge in [-0.05, 0) is 24.6 Å². The molecule has 1 N–H and O–H groups in total. The molecular weight excluding hydrogens is 316 g/mol. The van der Waals surface area contributed by atoms with Gasteiger partial charge in [0.25, 0.3) is 0 Å². The molecule has 0 radical (unpaired) electrons. The molecule has 3 rings (SSSR count). The molecule has 1 aliphatic rings. The van der Waals surface area contributed by atoms with Crippen molar-refractivity contribution in [2.24, 2.45) is 7.05 Å². The summed E-state index contributed by atoms with van der Waals surface area (Å²) in [6.07, 6.45) is 3.35. The first kappa shape index (κ1) is 17.9. The molecule has 1 atom stereocenters. The summed E-state index contributed by atoms with van der Waals surface area (Å²) in [5.41, 5.74) is 1.16. The van der Waals surface area contributed by atoms with Crippen LogP contribution < -0.4 is 4.74 Å². The zero-order chi connectivity index (χ0) is 17.6. The Morgan fingerprint density at radius 1 is 1.20 bits per heavy atom. The van der Waals surface area contributed by atoms with Gasteiger partial charge < -0.3 is 14.4 Å². The standard InChI is InChI=1S/C19H28N4O2/c1-16-4-3-5-18(12-16)25-15-17(24)13-22-8-10-23(11-9-22)14-19-20-6-7-21(19)2/h3-7,12,17,24H,8-11,13-15H2,1-2H3. The van der Waals surface area contributed by atoms with E-state index >= 15 is 0 Å². The molecule has 2 heterocycles. The Bertz CT molecular complexity index is 665.